The highest BCUT2D eigenvalue weighted by Gasteiger charge is 2.28. The number of imidazole rings is 1. The van der Waals surface area contributed by atoms with Crippen molar-refractivity contribution in [2.24, 2.45) is 0 Å². The van der Waals surface area contributed by atoms with Gasteiger partial charge in [-0.25, -0.2) is 0 Å². The van der Waals surface area contributed by atoms with Gasteiger partial charge in [-0.2, -0.15) is 9.38 Å². The van der Waals surface area contributed by atoms with Crippen LogP contribution in [0.15, 0.2) is 11.6 Å². The van der Waals surface area contributed by atoms with Gasteiger partial charge in [-0.3, -0.25) is 4.79 Å². The number of nitro groups is 1. The van der Waals surface area contributed by atoms with Gasteiger partial charge in [0.15, 0.2) is 0 Å². The molecule has 0 saturated carbocycles. The predicted octanol–water partition coefficient (Wildman–Crippen LogP) is 1.30. The summed E-state index contributed by atoms with van der Waals surface area (Å²) in [6, 6.07) is 0. The van der Waals surface area contributed by atoms with Crippen LogP contribution < -0.4 is 4.90 Å². The zero-order valence-electron chi connectivity index (χ0n) is 10.4. The van der Waals surface area contributed by atoms with E-state index >= 15 is 0 Å². The summed E-state index contributed by atoms with van der Waals surface area (Å²) in [5.74, 6) is -0.417. The number of esters is 1. The molecule has 0 N–H and O–H groups in total. The number of thiazole rings is 1. The lowest BCUT2D eigenvalue weighted by molar-refractivity contribution is -0.389. The average molecular weight is 284 g/mol. The molecule has 0 bridgehead atoms. The van der Waals surface area contributed by atoms with Gasteiger partial charge in [0.05, 0.1) is 7.11 Å². The summed E-state index contributed by atoms with van der Waals surface area (Å²) >= 11 is 1.30. The number of carbonyl (C=O) groups is 1. The Hall–Kier alpha value is -2.16. The molecule has 0 radical (unpaired) electrons. The largest absolute Gasteiger partial charge is 0.468 e. The van der Waals surface area contributed by atoms with Crippen LogP contribution in [-0.2, 0) is 9.53 Å². The molecule has 2 aromatic rings. The minimum Gasteiger partial charge on any atom is -0.468 e. The van der Waals surface area contributed by atoms with Crippen LogP contribution in [0.2, 0.25) is 0 Å². The predicted molar refractivity (Wildman–Crippen MR) is 69.6 cm³/mol. The summed E-state index contributed by atoms with van der Waals surface area (Å²) in [7, 11) is 1.27. The molecule has 2 heterocycles. The van der Waals surface area contributed by atoms with E-state index in [1.54, 1.807) is 18.5 Å². The second kappa shape index (κ2) is 5.22. The molecule has 0 atom stereocenters. The number of methoxy groups -OCH3 is 1. The van der Waals surface area contributed by atoms with Gasteiger partial charge in [-0.05, 0) is 11.8 Å². The molecule has 0 aromatic carbocycles. The highest BCUT2D eigenvalue weighted by molar-refractivity contribution is 7.15. The van der Waals surface area contributed by atoms with E-state index in [4.69, 9.17) is 0 Å². The van der Waals surface area contributed by atoms with Crippen LogP contribution in [0, 0.1) is 10.1 Å². The Morgan fingerprint density at radius 1 is 1.68 bits per heavy atom. The topological polar surface area (TPSA) is 90.0 Å². The number of carbonyl (C=O) groups excluding carboxylic acids is 1. The van der Waals surface area contributed by atoms with E-state index in [1.165, 1.54) is 27.7 Å². The fourth-order valence-corrected chi connectivity index (χ4v) is 2.41. The minimum absolute atomic E-state index is 0.0708. The number of likely N-dealkylation sites (N-methyl/N-ethyl adjacent to an activating group) is 1. The minimum atomic E-state index is -0.498. The van der Waals surface area contributed by atoms with Gasteiger partial charge in [0.1, 0.15) is 12.7 Å². The van der Waals surface area contributed by atoms with Crippen molar-refractivity contribution in [3.63, 3.8) is 0 Å². The first-order chi connectivity index (χ1) is 9.08. The van der Waals surface area contributed by atoms with E-state index < -0.39 is 10.9 Å². The number of aromatic nitrogens is 2. The van der Waals surface area contributed by atoms with E-state index in [1.807, 2.05) is 0 Å². The van der Waals surface area contributed by atoms with Crippen molar-refractivity contribution >= 4 is 33.9 Å². The molecular weight excluding hydrogens is 272 g/mol. The molecule has 0 aliphatic rings. The quantitative estimate of drug-likeness (QED) is 0.467. The normalized spacial score (nSPS) is 10.6. The Bertz CT molecular complexity index is 620. The third kappa shape index (κ3) is 2.36. The van der Waals surface area contributed by atoms with Crippen LogP contribution in [0.1, 0.15) is 6.92 Å². The molecule has 102 valence electrons. The highest BCUT2D eigenvalue weighted by Crippen LogP contribution is 2.30. The summed E-state index contributed by atoms with van der Waals surface area (Å²) in [4.78, 5) is 28.2. The summed E-state index contributed by atoms with van der Waals surface area (Å²) in [5.41, 5.74) is 0. The van der Waals surface area contributed by atoms with Crippen molar-refractivity contribution in [2.75, 3.05) is 25.1 Å². The second-order valence-corrected chi connectivity index (χ2v) is 4.54. The fraction of sp³-hybridized carbons (Fsp3) is 0.400. The SMILES string of the molecule is CCN(CC(=O)OC)c1nc2sccn2c1[N+](=O)[O-]. The molecule has 8 nitrogen and oxygen atoms in total. The second-order valence-electron chi connectivity index (χ2n) is 3.66. The van der Waals surface area contributed by atoms with Crippen LogP contribution in [0.5, 0.6) is 0 Å². The van der Waals surface area contributed by atoms with Crippen molar-refractivity contribution in [1.29, 1.82) is 0 Å². The van der Waals surface area contributed by atoms with E-state index in [0.29, 0.717) is 11.5 Å². The molecular formula is C10H12N4O4S. The monoisotopic (exact) mass is 284 g/mol. The Kier molecular flexibility index (Phi) is 3.65. The lowest BCUT2D eigenvalue weighted by Gasteiger charge is -2.17. The van der Waals surface area contributed by atoms with Crippen molar-refractivity contribution in [1.82, 2.24) is 9.38 Å². The van der Waals surface area contributed by atoms with E-state index in [-0.39, 0.29) is 18.2 Å². The lowest BCUT2D eigenvalue weighted by Crippen LogP contribution is -2.31. The summed E-state index contributed by atoms with van der Waals surface area (Å²) in [6.45, 7) is 2.14. The number of ether oxygens (including phenoxy) is 1. The Morgan fingerprint density at radius 3 is 3.00 bits per heavy atom. The highest BCUT2D eigenvalue weighted by atomic mass is 32.1. The molecule has 0 aliphatic heterocycles. The zero-order chi connectivity index (χ0) is 14.0. The average Bonchev–Trinajstić information content (AvgIpc) is 2.94. The van der Waals surface area contributed by atoms with E-state index in [2.05, 4.69) is 9.72 Å². The number of fused-ring (bicyclic) bond motifs is 1. The van der Waals surface area contributed by atoms with Gasteiger partial charge in [0.2, 0.25) is 5.82 Å². The van der Waals surface area contributed by atoms with Gasteiger partial charge < -0.3 is 19.8 Å². The molecule has 2 rings (SSSR count). The van der Waals surface area contributed by atoms with Gasteiger partial charge >= 0.3 is 11.8 Å². The van der Waals surface area contributed by atoms with Crippen LogP contribution in [0.3, 0.4) is 0 Å². The number of hydrogen-bond acceptors (Lipinski definition) is 7. The standard InChI is InChI=1S/C10H12N4O4S/c1-3-12(6-7(15)18-2)8-9(14(16)17)13-4-5-19-10(13)11-8/h4-5H,3,6H2,1-2H3. The van der Waals surface area contributed by atoms with Crippen molar-refractivity contribution in [3.8, 4) is 0 Å². The zero-order valence-corrected chi connectivity index (χ0v) is 11.2. The Balaban J connectivity index is 2.47. The summed E-state index contributed by atoms with van der Waals surface area (Å²) in [5, 5.41) is 12.9. The third-order valence-electron chi connectivity index (χ3n) is 2.62. The summed E-state index contributed by atoms with van der Waals surface area (Å²) in [6.07, 6.45) is 1.58. The molecule has 0 amide bonds. The smallest absolute Gasteiger partial charge is 0.373 e. The first kappa shape index (κ1) is 13.3. The summed E-state index contributed by atoms with van der Waals surface area (Å²) < 4.78 is 5.98. The molecule has 0 saturated heterocycles. The third-order valence-corrected chi connectivity index (χ3v) is 3.38. The van der Waals surface area contributed by atoms with Crippen LogP contribution >= 0.6 is 11.3 Å². The molecule has 0 spiro atoms. The van der Waals surface area contributed by atoms with Crippen LogP contribution in [0.25, 0.3) is 4.96 Å². The van der Waals surface area contributed by atoms with Gasteiger partial charge in [0, 0.05) is 11.9 Å². The Labute approximate surface area is 112 Å². The molecule has 9 heteroatoms. The first-order valence-corrected chi connectivity index (χ1v) is 6.38. The van der Waals surface area contributed by atoms with Crippen molar-refractivity contribution in [2.45, 2.75) is 6.92 Å². The van der Waals surface area contributed by atoms with Gasteiger partial charge in [0.25, 0.3) is 4.96 Å². The fourth-order valence-electron chi connectivity index (χ4n) is 1.70. The maximum Gasteiger partial charge on any atom is 0.373 e. The molecule has 19 heavy (non-hydrogen) atoms. The van der Waals surface area contributed by atoms with Crippen molar-refractivity contribution in [3.05, 3.63) is 21.7 Å². The van der Waals surface area contributed by atoms with Gasteiger partial charge in [-0.1, -0.05) is 11.3 Å². The number of anilines is 1. The maximum atomic E-state index is 11.3. The first-order valence-electron chi connectivity index (χ1n) is 5.50. The molecule has 0 unspecified atom stereocenters. The van der Waals surface area contributed by atoms with Crippen LogP contribution in [0.4, 0.5) is 11.6 Å². The Morgan fingerprint density at radius 2 is 2.42 bits per heavy atom. The lowest BCUT2D eigenvalue weighted by atomic mass is 10.4. The number of rotatable bonds is 5. The van der Waals surface area contributed by atoms with E-state index in [9.17, 15) is 14.9 Å². The van der Waals surface area contributed by atoms with E-state index in [0.717, 1.165) is 0 Å². The number of hydrogen-bond donors (Lipinski definition) is 0. The maximum absolute atomic E-state index is 11.3. The van der Waals surface area contributed by atoms with Gasteiger partial charge in [-0.15, -0.1) is 0 Å². The van der Waals surface area contributed by atoms with Crippen molar-refractivity contribution < 1.29 is 14.5 Å². The molecule has 0 fully saturated rings. The van der Waals surface area contributed by atoms with Crippen LogP contribution in [-0.4, -0.2) is 40.5 Å². The molecule has 0 aliphatic carbocycles. The molecule has 2 aromatic heterocycles. The number of nitrogens with zero attached hydrogens (tertiary/aromatic N) is 4.